The number of ether oxygens (including phenoxy) is 4. The van der Waals surface area contributed by atoms with E-state index in [-0.39, 0.29) is 41.2 Å². The van der Waals surface area contributed by atoms with E-state index in [9.17, 15) is 40.2 Å². The predicted molar refractivity (Wildman–Crippen MR) is 190 cm³/mol. The van der Waals surface area contributed by atoms with Crippen molar-refractivity contribution in [2.24, 2.45) is 39.9 Å². The van der Waals surface area contributed by atoms with Crippen LogP contribution in [-0.4, -0.2) is 110 Å². The highest BCUT2D eigenvalue weighted by molar-refractivity contribution is 5.66. The minimum absolute atomic E-state index is 0.0000435. The summed E-state index contributed by atoms with van der Waals surface area (Å²) < 4.78 is 23.1. The highest BCUT2D eigenvalue weighted by Gasteiger charge is 2.67. The van der Waals surface area contributed by atoms with E-state index in [4.69, 9.17) is 18.9 Å². The van der Waals surface area contributed by atoms with Crippen molar-refractivity contribution in [3.63, 3.8) is 0 Å². The highest BCUT2D eigenvalue weighted by atomic mass is 16.7. The third kappa shape index (κ3) is 7.40. The normalized spacial score (nSPS) is 45.1. The van der Waals surface area contributed by atoms with E-state index in [1.165, 1.54) is 19.4 Å². The number of esters is 2. The number of carbonyl (C=O) groups excluding carboxylic acids is 2. The van der Waals surface area contributed by atoms with Crippen molar-refractivity contribution >= 4 is 11.9 Å². The fourth-order valence-corrected chi connectivity index (χ4v) is 11.6. The standard InChI is InChI=1S/C40H64O12/c1-21(20-49-36-34(47)33(46)32(45)29(19-41)52-36)10-9-11-22(2)31-27(44)18-39(8)26-16-28(50-23(3)42)35-37(5,6)30(51-24(4)43)13-15-40(35,48)17-25(26)12-14-38(31,39)7/h10,12,22,26-36,41,44-48H,9,11,13-20H2,1-8H3. The molecule has 1 aliphatic heterocycles. The Kier molecular flexibility index (Phi) is 12.2. The average molecular weight is 737 g/mol. The maximum atomic E-state index is 12.6. The lowest BCUT2D eigenvalue weighted by Gasteiger charge is -2.54. The van der Waals surface area contributed by atoms with Crippen LogP contribution in [0.1, 0.15) is 107 Å². The molecule has 3 saturated carbocycles. The summed E-state index contributed by atoms with van der Waals surface area (Å²) in [5, 5.41) is 64.2. The molecule has 0 radical (unpaired) electrons. The molecule has 0 bridgehead atoms. The fourth-order valence-electron chi connectivity index (χ4n) is 11.6. The van der Waals surface area contributed by atoms with E-state index in [2.05, 4.69) is 32.9 Å². The first-order chi connectivity index (χ1) is 24.2. The molecular weight excluding hydrogens is 672 g/mol. The molecule has 15 atom stereocenters. The van der Waals surface area contributed by atoms with Crippen LogP contribution in [0.25, 0.3) is 0 Å². The summed E-state index contributed by atoms with van der Waals surface area (Å²) in [6, 6.07) is 0. The first kappa shape index (κ1) is 41.3. The Hall–Kier alpha value is -1.90. The average Bonchev–Trinajstić information content (AvgIpc) is 3.16. The third-order valence-corrected chi connectivity index (χ3v) is 14.2. The van der Waals surface area contributed by atoms with Gasteiger partial charge in [0, 0.05) is 25.2 Å². The van der Waals surface area contributed by atoms with Crippen LogP contribution < -0.4 is 0 Å². The molecule has 1 saturated heterocycles. The van der Waals surface area contributed by atoms with Crippen molar-refractivity contribution in [2.75, 3.05) is 13.2 Å². The summed E-state index contributed by atoms with van der Waals surface area (Å²) in [5.41, 5.74) is -0.338. The second-order valence-corrected chi connectivity index (χ2v) is 17.9. The highest BCUT2D eigenvalue weighted by Crippen LogP contribution is 2.70. The molecule has 4 aliphatic carbocycles. The fraction of sp³-hybridized carbons (Fsp3) is 0.850. The number of hydrogen-bond acceptors (Lipinski definition) is 12. The van der Waals surface area contributed by atoms with Crippen molar-refractivity contribution in [3.05, 3.63) is 23.3 Å². The number of aliphatic hydroxyl groups excluding tert-OH is 5. The third-order valence-electron chi connectivity index (χ3n) is 14.2. The molecule has 0 spiro atoms. The Balaban J connectivity index is 1.31. The first-order valence-corrected chi connectivity index (χ1v) is 19.2. The van der Waals surface area contributed by atoms with Gasteiger partial charge in [-0.25, -0.2) is 0 Å². The van der Waals surface area contributed by atoms with Crippen LogP contribution in [0.4, 0.5) is 0 Å². The molecule has 0 aromatic rings. The minimum atomic E-state index is -1.50. The number of rotatable bonds is 10. The summed E-state index contributed by atoms with van der Waals surface area (Å²) in [5.74, 6) is -1.09. The minimum Gasteiger partial charge on any atom is -0.462 e. The Morgan fingerprint density at radius 1 is 1.00 bits per heavy atom. The van der Waals surface area contributed by atoms with Crippen LogP contribution in [0, 0.1) is 39.9 Å². The summed E-state index contributed by atoms with van der Waals surface area (Å²) in [6.07, 6.45) is 1.00. The van der Waals surface area contributed by atoms with Gasteiger partial charge >= 0.3 is 11.9 Å². The van der Waals surface area contributed by atoms with Gasteiger partial charge in [0.1, 0.15) is 36.6 Å². The van der Waals surface area contributed by atoms with Gasteiger partial charge in [-0.1, -0.05) is 57.9 Å². The van der Waals surface area contributed by atoms with Crippen LogP contribution in [0.15, 0.2) is 23.3 Å². The molecule has 4 fully saturated rings. The van der Waals surface area contributed by atoms with Gasteiger partial charge in [0.25, 0.3) is 0 Å². The van der Waals surface area contributed by atoms with Crippen molar-refractivity contribution in [2.45, 2.75) is 161 Å². The summed E-state index contributed by atoms with van der Waals surface area (Å²) in [4.78, 5) is 24.7. The van der Waals surface area contributed by atoms with Crippen LogP contribution in [0.2, 0.25) is 0 Å². The SMILES string of the molecule is CC(=O)OC1CC2C(=CCC3(C)C(C(C)CCC=C(C)COC4OC(CO)C(O)C(O)C4O)C(O)CC23C)CC2(O)CCC(OC(C)=O)C(C)(C)C12. The maximum Gasteiger partial charge on any atom is 0.302 e. The second-order valence-electron chi connectivity index (χ2n) is 17.9. The molecule has 0 amide bonds. The molecule has 12 nitrogen and oxygen atoms in total. The monoisotopic (exact) mass is 736 g/mol. The molecule has 6 N–H and O–H groups in total. The molecule has 12 heteroatoms. The number of aliphatic hydroxyl groups is 6. The molecule has 52 heavy (non-hydrogen) atoms. The van der Waals surface area contributed by atoms with Gasteiger partial charge in [0.05, 0.1) is 24.9 Å². The van der Waals surface area contributed by atoms with E-state index in [0.717, 1.165) is 24.8 Å². The molecule has 1 heterocycles. The molecule has 5 rings (SSSR count). The number of hydrogen-bond donors (Lipinski definition) is 6. The zero-order chi connectivity index (χ0) is 38.6. The molecule has 5 aliphatic rings. The van der Waals surface area contributed by atoms with Gasteiger partial charge in [-0.2, -0.15) is 0 Å². The van der Waals surface area contributed by atoms with Crippen molar-refractivity contribution in [1.29, 1.82) is 0 Å². The first-order valence-electron chi connectivity index (χ1n) is 19.2. The van der Waals surface area contributed by atoms with E-state index in [0.29, 0.717) is 32.1 Å². The molecule has 0 aromatic carbocycles. The van der Waals surface area contributed by atoms with E-state index < -0.39 is 78.5 Å². The van der Waals surface area contributed by atoms with Crippen LogP contribution in [0.3, 0.4) is 0 Å². The van der Waals surface area contributed by atoms with E-state index in [1.54, 1.807) is 0 Å². The van der Waals surface area contributed by atoms with Gasteiger partial charge in [0.2, 0.25) is 0 Å². The molecular formula is C40H64O12. The lowest BCUT2D eigenvalue weighted by molar-refractivity contribution is -0.299. The second kappa shape index (κ2) is 15.3. The van der Waals surface area contributed by atoms with Crippen molar-refractivity contribution in [3.8, 4) is 0 Å². The Bertz CT molecular complexity index is 1380. The van der Waals surface area contributed by atoms with E-state index in [1.807, 2.05) is 20.8 Å². The summed E-state index contributed by atoms with van der Waals surface area (Å²) in [6.45, 7) is 15.1. The predicted octanol–water partition coefficient (Wildman–Crippen LogP) is 3.33. The smallest absolute Gasteiger partial charge is 0.302 e. The Morgan fingerprint density at radius 3 is 2.31 bits per heavy atom. The molecule has 296 valence electrons. The number of fused-ring (bicyclic) bond motifs is 4. The van der Waals surface area contributed by atoms with Crippen LogP contribution in [0.5, 0.6) is 0 Å². The van der Waals surface area contributed by atoms with E-state index >= 15 is 0 Å². The van der Waals surface area contributed by atoms with Crippen LogP contribution >= 0.6 is 0 Å². The Labute approximate surface area is 308 Å². The summed E-state index contributed by atoms with van der Waals surface area (Å²) >= 11 is 0. The van der Waals surface area contributed by atoms with Gasteiger partial charge in [-0.3, -0.25) is 9.59 Å². The van der Waals surface area contributed by atoms with Crippen molar-refractivity contribution in [1.82, 2.24) is 0 Å². The zero-order valence-corrected chi connectivity index (χ0v) is 32.3. The summed E-state index contributed by atoms with van der Waals surface area (Å²) in [7, 11) is 0. The van der Waals surface area contributed by atoms with Crippen LogP contribution in [-0.2, 0) is 28.5 Å². The Morgan fingerprint density at radius 2 is 1.67 bits per heavy atom. The van der Waals surface area contributed by atoms with Gasteiger partial charge in [-0.05, 0) is 86.9 Å². The number of allylic oxidation sites excluding steroid dienone is 2. The lowest BCUT2D eigenvalue weighted by Crippen LogP contribution is -2.60. The lowest BCUT2D eigenvalue weighted by atomic mass is 9.50. The maximum absolute atomic E-state index is 12.6. The zero-order valence-electron chi connectivity index (χ0n) is 32.3. The van der Waals surface area contributed by atoms with Gasteiger partial charge in [-0.15, -0.1) is 0 Å². The van der Waals surface area contributed by atoms with Gasteiger partial charge < -0.3 is 49.6 Å². The quantitative estimate of drug-likeness (QED) is 0.142. The topological polar surface area (TPSA) is 192 Å². The molecule has 15 unspecified atom stereocenters. The van der Waals surface area contributed by atoms with Crippen molar-refractivity contribution < 1.29 is 59.2 Å². The largest absolute Gasteiger partial charge is 0.462 e. The van der Waals surface area contributed by atoms with Gasteiger partial charge in [0.15, 0.2) is 6.29 Å². The molecule has 0 aromatic heterocycles. The number of carbonyl (C=O) groups is 2.